The number of ether oxygens (including phenoxy) is 1. The van der Waals surface area contributed by atoms with Crippen LogP contribution in [0.5, 0.6) is 5.75 Å². The fraction of sp³-hybridized carbons (Fsp3) is 0.476. The maximum atomic E-state index is 12.6. The largest absolute Gasteiger partial charge is 0.497 e. The molecule has 172 valence electrons. The minimum Gasteiger partial charge on any atom is -0.497 e. The number of nitrogens with zero attached hydrogens (tertiary/aromatic N) is 2. The van der Waals surface area contributed by atoms with Gasteiger partial charge in [-0.15, -0.1) is 24.0 Å². The predicted octanol–water partition coefficient (Wildman–Crippen LogP) is 3.82. The average Bonchev–Trinajstić information content (AvgIpc) is 3.37. The van der Waals surface area contributed by atoms with Crippen LogP contribution in [0.4, 0.5) is 13.2 Å². The second-order valence-corrected chi connectivity index (χ2v) is 7.25. The molecule has 1 aliphatic rings. The summed E-state index contributed by atoms with van der Waals surface area (Å²) < 4.78 is 48.4. The highest BCUT2D eigenvalue weighted by atomic mass is 127. The molecule has 0 bridgehead atoms. The Labute approximate surface area is 197 Å². The third kappa shape index (κ3) is 8.98. The molecule has 2 aromatic rings. The molecule has 31 heavy (non-hydrogen) atoms. The van der Waals surface area contributed by atoms with E-state index in [4.69, 9.17) is 9.15 Å². The van der Waals surface area contributed by atoms with Crippen molar-refractivity contribution in [1.82, 2.24) is 15.5 Å². The van der Waals surface area contributed by atoms with Crippen LogP contribution in [0.15, 0.2) is 52.1 Å². The average molecular weight is 552 g/mol. The summed E-state index contributed by atoms with van der Waals surface area (Å²) in [5, 5.41) is 6.53. The van der Waals surface area contributed by atoms with Gasteiger partial charge in [0.15, 0.2) is 5.96 Å². The zero-order valence-electron chi connectivity index (χ0n) is 17.3. The Hall–Kier alpha value is -1.95. The van der Waals surface area contributed by atoms with Crippen LogP contribution < -0.4 is 15.4 Å². The molecule has 3 rings (SSSR count). The molecule has 1 aromatic carbocycles. The maximum absolute atomic E-state index is 12.6. The Bertz CT molecular complexity index is 798. The molecule has 0 aliphatic carbocycles. The molecule has 0 saturated carbocycles. The first kappa shape index (κ1) is 25.3. The van der Waals surface area contributed by atoms with Gasteiger partial charge in [0.1, 0.15) is 11.5 Å². The number of nitrogens with one attached hydrogen (secondary N) is 2. The lowest BCUT2D eigenvalue weighted by Gasteiger charge is -2.20. The van der Waals surface area contributed by atoms with Crippen molar-refractivity contribution in [2.75, 3.05) is 33.3 Å². The summed E-state index contributed by atoms with van der Waals surface area (Å²) >= 11 is 0. The van der Waals surface area contributed by atoms with Crippen molar-refractivity contribution in [2.24, 2.45) is 4.99 Å². The van der Waals surface area contributed by atoms with Gasteiger partial charge >= 0.3 is 6.18 Å². The number of hydrogen-bond donors (Lipinski definition) is 2. The first-order valence-corrected chi connectivity index (χ1v) is 9.90. The first-order chi connectivity index (χ1) is 14.4. The standard InChI is InChI=1S/C21H27F3N4O2.HI/c1-29-18-6-4-16(5-7-18)13-26-20(25-10-8-19-3-2-12-30-19)27-17-9-11-28(14-17)15-21(22,23)24;/h2-7,12,17H,8-11,13-15H2,1H3,(H2,25,26,27);1H. The van der Waals surface area contributed by atoms with Crippen molar-refractivity contribution < 1.29 is 22.3 Å². The van der Waals surface area contributed by atoms with Crippen LogP contribution in [0.3, 0.4) is 0 Å². The summed E-state index contributed by atoms with van der Waals surface area (Å²) in [6.45, 7) is 0.908. The van der Waals surface area contributed by atoms with Crippen molar-refractivity contribution in [3.63, 3.8) is 0 Å². The van der Waals surface area contributed by atoms with Crippen molar-refractivity contribution in [1.29, 1.82) is 0 Å². The van der Waals surface area contributed by atoms with Crippen LogP contribution in [0.25, 0.3) is 0 Å². The Morgan fingerprint density at radius 2 is 2.03 bits per heavy atom. The summed E-state index contributed by atoms with van der Waals surface area (Å²) in [5.74, 6) is 2.21. The fourth-order valence-electron chi connectivity index (χ4n) is 3.35. The van der Waals surface area contributed by atoms with Gasteiger partial charge in [-0.2, -0.15) is 13.2 Å². The van der Waals surface area contributed by atoms with Crippen LogP contribution in [0.1, 0.15) is 17.7 Å². The lowest BCUT2D eigenvalue weighted by molar-refractivity contribution is -0.143. The number of guanidine groups is 1. The normalized spacial score (nSPS) is 17.3. The SMILES string of the molecule is COc1ccc(CN=C(NCCc2ccco2)NC2CCN(CC(F)(F)F)C2)cc1.I. The van der Waals surface area contributed by atoms with Gasteiger partial charge in [-0.1, -0.05) is 12.1 Å². The summed E-state index contributed by atoms with van der Waals surface area (Å²) in [6, 6.07) is 11.3. The molecule has 1 atom stereocenters. The lowest BCUT2D eigenvalue weighted by Crippen LogP contribution is -2.45. The Balaban J connectivity index is 0.00000341. The molecule has 10 heteroatoms. The van der Waals surface area contributed by atoms with Gasteiger partial charge in [-0.3, -0.25) is 4.90 Å². The number of alkyl halides is 3. The second-order valence-electron chi connectivity index (χ2n) is 7.25. The predicted molar refractivity (Wildman–Crippen MR) is 124 cm³/mol. The minimum absolute atomic E-state index is 0. The first-order valence-electron chi connectivity index (χ1n) is 9.90. The molecular weight excluding hydrogens is 524 g/mol. The van der Waals surface area contributed by atoms with Gasteiger partial charge in [-0.25, -0.2) is 4.99 Å². The fourth-order valence-corrected chi connectivity index (χ4v) is 3.35. The summed E-state index contributed by atoms with van der Waals surface area (Å²) in [7, 11) is 1.61. The maximum Gasteiger partial charge on any atom is 0.401 e. The van der Waals surface area contributed by atoms with Gasteiger partial charge < -0.3 is 19.8 Å². The number of likely N-dealkylation sites (tertiary alicyclic amines) is 1. The van der Waals surface area contributed by atoms with E-state index in [2.05, 4.69) is 15.6 Å². The molecular formula is C21H28F3IN4O2. The molecule has 0 spiro atoms. The number of benzene rings is 1. The topological polar surface area (TPSA) is 62.0 Å². The van der Waals surface area contributed by atoms with E-state index < -0.39 is 12.7 Å². The number of methoxy groups -OCH3 is 1. The molecule has 2 heterocycles. The van der Waals surface area contributed by atoms with Crippen molar-refractivity contribution in [2.45, 2.75) is 31.6 Å². The van der Waals surface area contributed by atoms with E-state index in [1.54, 1.807) is 13.4 Å². The molecule has 0 radical (unpaired) electrons. The third-order valence-electron chi connectivity index (χ3n) is 4.84. The molecule has 2 N–H and O–H groups in total. The monoisotopic (exact) mass is 552 g/mol. The van der Waals surface area contributed by atoms with Crippen molar-refractivity contribution in [3.8, 4) is 5.75 Å². The minimum atomic E-state index is -4.18. The summed E-state index contributed by atoms with van der Waals surface area (Å²) in [6.07, 6.45) is -1.24. The van der Waals surface area contributed by atoms with E-state index in [0.29, 0.717) is 45.0 Å². The molecule has 1 fully saturated rings. The van der Waals surface area contributed by atoms with E-state index in [1.165, 1.54) is 4.90 Å². The van der Waals surface area contributed by atoms with Gasteiger partial charge in [-0.05, 0) is 36.2 Å². The van der Waals surface area contributed by atoms with Gasteiger partial charge in [0.2, 0.25) is 0 Å². The molecule has 1 unspecified atom stereocenters. The Morgan fingerprint density at radius 1 is 1.26 bits per heavy atom. The van der Waals surface area contributed by atoms with Crippen LogP contribution in [-0.4, -0.2) is 56.4 Å². The molecule has 1 saturated heterocycles. The Kier molecular flexibility index (Phi) is 9.94. The highest BCUT2D eigenvalue weighted by Gasteiger charge is 2.34. The van der Waals surface area contributed by atoms with Crippen molar-refractivity contribution >= 4 is 29.9 Å². The van der Waals surface area contributed by atoms with Crippen LogP contribution in [0, 0.1) is 0 Å². The highest BCUT2D eigenvalue weighted by Crippen LogP contribution is 2.20. The zero-order chi connectivity index (χ0) is 21.4. The van der Waals surface area contributed by atoms with Crippen molar-refractivity contribution in [3.05, 3.63) is 54.0 Å². The van der Waals surface area contributed by atoms with Crippen LogP contribution in [-0.2, 0) is 13.0 Å². The zero-order valence-corrected chi connectivity index (χ0v) is 19.7. The van der Waals surface area contributed by atoms with E-state index >= 15 is 0 Å². The number of halogens is 4. The number of rotatable bonds is 8. The van der Waals surface area contributed by atoms with E-state index in [9.17, 15) is 13.2 Å². The van der Waals surface area contributed by atoms with E-state index in [0.717, 1.165) is 17.1 Å². The Morgan fingerprint density at radius 3 is 2.68 bits per heavy atom. The summed E-state index contributed by atoms with van der Waals surface area (Å²) in [4.78, 5) is 6.03. The second kappa shape index (κ2) is 12.2. The van der Waals surface area contributed by atoms with Gasteiger partial charge in [0.05, 0.1) is 26.5 Å². The highest BCUT2D eigenvalue weighted by molar-refractivity contribution is 14.0. The van der Waals surface area contributed by atoms with E-state index in [1.807, 2.05) is 36.4 Å². The third-order valence-corrected chi connectivity index (χ3v) is 4.84. The van der Waals surface area contributed by atoms with Gasteiger partial charge in [0, 0.05) is 32.1 Å². The molecule has 0 amide bonds. The number of aliphatic imine (C=N–C) groups is 1. The number of hydrogen-bond acceptors (Lipinski definition) is 4. The van der Waals surface area contributed by atoms with Gasteiger partial charge in [0.25, 0.3) is 0 Å². The number of furan rings is 1. The van der Waals surface area contributed by atoms with Crippen LogP contribution in [0.2, 0.25) is 0 Å². The molecule has 1 aromatic heterocycles. The smallest absolute Gasteiger partial charge is 0.401 e. The quantitative estimate of drug-likeness (QED) is 0.297. The molecule has 6 nitrogen and oxygen atoms in total. The lowest BCUT2D eigenvalue weighted by atomic mass is 10.2. The summed E-state index contributed by atoms with van der Waals surface area (Å²) in [5.41, 5.74) is 1.01. The van der Waals surface area contributed by atoms with E-state index in [-0.39, 0.29) is 30.0 Å². The molecule has 1 aliphatic heterocycles. The van der Waals surface area contributed by atoms with Crippen LogP contribution >= 0.6 is 24.0 Å².